The molecule has 1 fully saturated rings. The third-order valence-corrected chi connectivity index (χ3v) is 2.54. The Balaban J connectivity index is 2.25. The lowest BCUT2D eigenvalue weighted by molar-refractivity contribution is 0.250. The van der Waals surface area contributed by atoms with Gasteiger partial charge in [0.25, 0.3) is 0 Å². The average Bonchev–Trinajstić information content (AvgIpc) is 2.03. The lowest BCUT2D eigenvalue weighted by Crippen LogP contribution is -2.40. The van der Waals surface area contributed by atoms with Crippen molar-refractivity contribution in [2.45, 2.75) is 44.6 Å². The molecule has 0 amide bonds. The van der Waals surface area contributed by atoms with Gasteiger partial charge < -0.3 is 5.73 Å². The van der Waals surface area contributed by atoms with Gasteiger partial charge in [-0.3, -0.25) is 0 Å². The molecule has 1 aliphatic rings. The van der Waals surface area contributed by atoms with E-state index in [4.69, 9.17) is 5.73 Å². The van der Waals surface area contributed by atoms with Gasteiger partial charge >= 0.3 is 0 Å². The Morgan fingerprint density at radius 3 is 2.82 bits per heavy atom. The Morgan fingerprint density at radius 2 is 2.27 bits per heavy atom. The first-order valence-electron chi connectivity index (χ1n) is 4.66. The van der Waals surface area contributed by atoms with Crippen molar-refractivity contribution < 1.29 is 0 Å². The lowest BCUT2D eigenvalue weighted by atomic mass is 9.87. The van der Waals surface area contributed by atoms with Crippen molar-refractivity contribution in [3.8, 4) is 0 Å². The smallest absolute Gasteiger partial charge is 0.0329 e. The zero-order valence-electron chi connectivity index (χ0n) is 7.47. The van der Waals surface area contributed by atoms with E-state index in [0.29, 0.717) is 0 Å². The van der Waals surface area contributed by atoms with E-state index >= 15 is 0 Å². The third-order valence-electron chi connectivity index (χ3n) is 2.54. The van der Waals surface area contributed by atoms with Gasteiger partial charge in [0.05, 0.1) is 0 Å². The normalized spacial score (nSPS) is 32.2. The Bertz CT molecular complexity index is 106. The van der Waals surface area contributed by atoms with Crippen molar-refractivity contribution in [3.63, 3.8) is 0 Å². The molecule has 0 saturated carbocycles. The highest BCUT2D eigenvalue weighted by Gasteiger charge is 2.26. The molecule has 2 N–H and O–H groups in total. The highest BCUT2D eigenvalue weighted by molar-refractivity contribution is 4.85. The minimum Gasteiger partial charge on any atom is -0.330 e. The minimum absolute atomic E-state index is 0.275. The van der Waals surface area contributed by atoms with E-state index in [1.165, 1.54) is 25.7 Å². The molecule has 1 radical (unpaired) electrons. The van der Waals surface area contributed by atoms with Crippen molar-refractivity contribution in [2.24, 2.45) is 5.73 Å². The molecule has 1 atom stereocenters. The molecule has 11 heavy (non-hydrogen) atoms. The van der Waals surface area contributed by atoms with Gasteiger partial charge in [-0.2, -0.15) is 0 Å². The predicted octanol–water partition coefficient (Wildman–Crippen LogP) is 1.27. The monoisotopic (exact) mass is 155 g/mol. The fourth-order valence-corrected chi connectivity index (χ4v) is 1.73. The molecule has 1 heterocycles. The quantitative estimate of drug-likeness (QED) is 0.655. The van der Waals surface area contributed by atoms with Crippen molar-refractivity contribution in [2.75, 3.05) is 13.1 Å². The van der Waals surface area contributed by atoms with Crippen molar-refractivity contribution >= 4 is 0 Å². The van der Waals surface area contributed by atoms with Gasteiger partial charge in [-0.05, 0) is 39.2 Å². The number of piperidine rings is 1. The van der Waals surface area contributed by atoms with Gasteiger partial charge in [0.15, 0.2) is 0 Å². The van der Waals surface area contributed by atoms with E-state index in [1.807, 2.05) is 0 Å². The van der Waals surface area contributed by atoms with Crippen LogP contribution in [0.2, 0.25) is 0 Å². The van der Waals surface area contributed by atoms with Crippen LogP contribution in [0.1, 0.15) is 39.0 Å². The van der Waals surface area contributed by atoms with Crippen LogP contribution in [0.3, 0.4) is 0 Å². The van der Waals surface area contributed by atoms with Crippen LogP contribution in [0.15, 0.2) is 0 Å². The first-order chi connectivity index (χ1) is 5.27. The van der Waals surface area contributed by atoms with E-state index in [2.05, 4.69) is 12.2 Å². The molecule has 0 aliphatic carbocycles. The number of rotatable bonds is 3. The Hall–Kier alpha value is -0.0800. The van der Waals surface area contributed by atoms with Crippen LogP contribution in [-0.2, 0) is 0 Å². The second-order valence-corrected chi connectivity index (χ2v) is 3.73. The molecular weight excluding hydrogens is 136 g/mol. The van der Waals surface area contributed by atoms with Gasteiger partial charge in [-0.25, -0.2) is 5.32 Å². The Labute approximate surface area is 69.5 Å². The maximum absolute atomic E-state index is 5.46. The molecule has 0 aromatic carbocycles. The summed E-state index contributed by atoms with van der Waals surface area (Å²) in [6.07, 6.45) is 6.22. The molecule has 1 aliphatic heterocycles. The van der Waals surface area contributed by atoms with Crippen molar-refractivity contribution in [1.29, 1.82) is 0 Å². The third kappa shape index (κ3) is 2.80. The summed E-state index contributed by atoms with van der Waals surface area (Å²) in [6.45, 7) is 4.15. The lowest BCUT2D eigenvalue weighted by Gasteiger charge is -2.33. The molecule has 0 aromatic heterocycles. The zero-order valence-corrected chi connectivity index (χ0v) is 7.47. The second kappa shape index (κ2) is 4.07. The van der Waals surface area contributed by atoms with Crippen molar-refractivity contribution in [1.82, 2.24) is 5.32 Å². The summed E-state index contributed by atoms with van der Waals surface area (Å²) in [7, 11) is 0. The molecule has 1 unspecified atom stereocenters. The fourth-order valence-electron chi connectivity index (χ4n) is 1.73. The van der Waals surface area contributed by atoms with Crippen molar-refractivity contribution in [3.05, 3.63) is 0 Å². The van der Waals surface area contributed by atoms with E-state index in [0.717, 1.165) is 19.5 Å². The summed E-state index contributed by atoms with van der Waals surface area (Å²) in [5.41, 5.74) is 5.74. The van der Waals surface area contributed by atoms with Gasteiger partial charge in [0.2, 0.25) is 0 Å². The van der Waals surface area contributed by atoms with Gasteiger partial charge in [0, 0.05) is 12.1 Å². The van der Waals surface area contributed by atoms with Crippen LogP contribution >= 0.6 is 0 Å². The zero-order chi connectivity index (χ0) is 8.16. The molecule has 2 nitrogen and oxygen atoms in total. The van der Waals surface area contributed by atoms with Crippen LogP contribution in [0.4, 0.5) is 0 Å². The van der Waals surface area contributed by atoms with Gasteiger partial charge in [0.1, 0.15) is 0 Å². The standard InChI is InChI=1S/C9H19N2/c1-9(6-4-7-10)5-2-3-8-11-9/h2-8,10H2,1H3. The fraction of sp³-hybridized carbons (Fsp3) is 1.00. The number of hydrogen-bond donors (Lipinski definition) is 1. The summed E-state index contributed by atoms with van der Waals surface area (Å²) in [5, 5.41) is 4.64. The number of nitrogens with zero attached hydrogens (tertiary/aromatic N) is 1. The molecule has 2 heteroatoms. The molecule has 65 valence electrons. The molecule has 0 aromatic rings. The van der Waals surface area contributed by atoms with Crippen LogP contribution < -0.4 is 11.1 Å². The summed E-state index contributed by atoms with van der Waals surface area (Å²) >= 11 is 0. The highest BCUT2D eigenvalue weighted by atomic mass is 15.0. The van der Waals surface area contributed by atoms with Gasteiger partial charge in [-0.15, -0.1) is 0 Å². The van der Waals surface area contributed by atoms with Crippen LogP contribution in [0.5, 0.6) is 0 Å². The van der Waals surface area contributed by atoms with E-state index in [1.54, 1.807) is 0 Å². The SMILES string of the molecule is CC1(CCCN)CCCC[N]1. The Morgan fingerprint density at radius 1 is 1.45 bits per heavy atom. The largest absolute Gasteiger partial charge is 0.330 e. The summed E-state index contributed by atoms with van der Waals surface area (Å²) < 4.78 is 0. The number of hydrogen-bond acceptors (Lipinski definition) is 1. The molecule has 0 bridgehead atoms. The predicted molar refractivity (Wildman–Crippen MR) is 47.5 cm³/mol. The highest BCUT2D eigenvalue weighted by Crippen LogP contribution is 2.24. The van der Waals surface area contributed by atoms with Crippen LogP contribution in [0.25, 0.3) is 0 Å². The first-order valence-corrected chi connectivity index (χ1v) is 4.66. The summed E-state index contributed by atoms with van der Waals surface area (Å²) in [5.74, 6) is 0. The first kappa shape index (κ1) is 9.01. The maximum Gasteiger partial charge on any atom is 0.0329 e. The van der Waals surface area contributed by atoms with Crippen LogP contribution in [0, 0.1) is 0 Å². The van der Waals surface area contributed by atoms with E-state index in [9.17, 15) is 0 Å². The maximum atomic E-state index is 5.46. The average molecular weight is 155 g/mol. The molecule has 1 saturated heterocycles. The number of nitrogens with two attached hydrogens (primary N) is 1. The van der Waals surface area contributed by atoms with Crippen LogP contribution in [-0.4, -0.2) is 18.6 Å². The minimum atomic E-state index is 0.275. The van der Waals surface area contributed by atoms with E-state index in [-0.39, 0.29) is 5.54 Å². The summed E-state index contributed by atoms with van der Waals surface area (Å²) in [6, 6.07) is 0. The molecular formula is C9H19N2. The van der Waals surface area contributed by atoms with E-state index < -0.39 is 0 Å². The molecule has 1 rings (SSSR count). The van der Waals surface area contributed by atoms with Gasteiger partial charge in [-0.1, -0.05) is 6.42 Å². The Kier molecular flexibility index (Phi) is 3.34. The molecule has 0 spiro atoms. The summed E-state index contributed by atoms with van der Waals surface area (Å²) in [4.78, 5) is 0. The topological polar surface area (TPSA) is 40.1 Å². The second-order valence-electron chi connectivity index (χ2n) is 3.73.